The number of rotatable bonds is 16. The topological polar surface area (TPSA) is 181 Å². The number of para-hydroxylation sites is 1. The van der Waals surface area contributed by atoms with Crippen molar-refractivity contribution in [3.63, 3.8) is 0 Å². The molecule has 320 valence electrons. The molecule has 15 heteroatoms. The summed E-state index contributed by atoms with van der Waals surface area (Å²) in [5.74, 6) is -1.92. The summed E-state index contributed by atoms with van der Waals surface area (Å²) in [6, 6.07) is 22.3. The maximum Gasteiger partial charge on any atom is 0.480 e. The van der Waals surface area contributed by atoms with Gasteiger partial charge in [-0.25, -0.2) is 18.4 Å². The first-order chi connectivity index (χ1) is 28.5. The fourth-order valence-electron chi connectivity index (χ4n) is 7.07. The lowest BCUT2D eigenvalue weighted by atomic mass is 9.98. The van der Waals surface area contributed by atoms with Crippen LogP contribution in [0.4, 0.5) is 4.79 Å². The number of hydrogen-bond acceptors (Lipinski definition) is 11. The zero-order valence-corrected chi connectivity index (χ0v) is 35.8. The summed E-state index contributed by atoms with van der Waals surface area (Å²) >= 11 is 0. The molecule has 2 atom stereocenters. The van der Waals surface area contributed by atoms with Crippen LogP contribution in [0, 0.1) is 16.7 Å². The van der Waals surface area contributed by atoms with Crippen molar-refractivity contribution in [2.75, 3.05) is 26.7 Å². The Balaban J connectivity index is 1.20. The number of aromatic amines is 1. The van der Waals surface area contributed by atoms with E-state index in [-0.39, 0.29) is 5.91 Å². The Bertz CT molecular complexity index is 2190. The number of hydrogen-bond donors (Lipinski definition) is 3. The van der Waals surface area contributed by atoms with E-state index < -0.39 is 74.9 Å². The first-order valence-corrected chi connectivity index (χ1v) is 21.6. The minimum atomic E-state index is -4.64. The lowest BCUT2D eigenvalue weighted by Gasteiger charge is -2.24. The van der Waals surface area contributed by atoms with E-state index in [1.54, 1.807) is 47.6 Å². The minimum absolute atomic E-state index is 0.154. The number of carbonyl (C=O) groups excluding carboxylic acids is 4. The van der Waals surface area contributed by atoms with Crippen LogP contribution in [-0.4, -0.2) is 61.7 Å². The molecule has 2 aliphatic carbocycles. The number of ether oxygens (including phenoxy) is 3. The van der Waals surface area contributed by atoms with Crippen molar-refractivity contribution in [2.24, 2.45) is 16.7 Å². The quantitative estimate of drug-likeness (QED) is 0.0323. The summed E-state index contributed by atoms with van der Waals surface area (Å²) in [6.07, 6.45) is 4.65. The largest absolute Gasteiger partial charge is 0.480 e. The third-order valence-corrected chi connectivity index (χ3v) is 11.6. The molecule has 3 aromatic carbocycles. The predicted octanol–water partition coefficient (Wildman–Crippen LogP) is 8.67. The van der Waals surface area contributed by atoms with E-state index in [0.29, 0.717) is 25.8 Å². The van der Waals surface area contributed by atoms with Gasteiger partial charge in [0.1, 0.15) is 0 Å². The van der Waals surface area contributed by atoms with Crippen molar-refractivity contribution >= 4 is 42.7 Å². The smallest absolute Gasteiger partial charge is 0.437 e. The molecular formula is C45H54N3O11P. The molecule has 0 radical (unpaired) electrons. The number of H-pyrrole nitrogens is 1. The maximum atomic E-state index is 14.0. The van der Waals surface area contributed by atoms with Gasteiger partial charge in [-0.1, -0.05) is 78.4 Å². The van der Waals surface area contributed by atoms with E-state index in [2.05, 4.69) is 15.6 Å². The molecule has 1 aromatic heterocycles. The Morgan fingerprint density at radius 3 is 2.02 bits per heavy atom. The standard InChI is InChI=1S/C45H54N3O11P/c1-44(2,3)41(50)54-27-57-60(53,58-28-55-42(51)45(4,5)6)56-26-31(48-43(52)59-39-36-18-9-7-16-34(36)35-17-8-10-19-37(35)39)24-29-14-13-20-33(29)40(49)46-23-22-30-25-47-38-21-12-11-15-32(30)38/h7-12,15-19,21,24-25,31,33,39,47H,13-14,20,22-23,26-28H2,1-6H3,(H,46,49)(H,48,52)/b29-24-/t31-,33+/m0/s1. The second-order valence-corrected chi connectivity index (χ2v) is 18.6. The van der Waals surface area contributed by atoms with Gasteiger partial charge in [-0.3, -0.25) is 18.9 Å². The molecule has 6 rings (SSSR count). The number of esters is 2. The highest BCUT2D eigenvalue weighted by Gasteiger charge is 2.36. The second-order valence-electron chi connectivity index (χ2n) is 16.9. The Kier molecular flexibility index (Phi) is 14.0. The number of aromatic nitrogens is 1. The molecule has 0 aliphatic heterocycles. The fraction of sp³-hybridized carbons (Fsp3) is 0.422. The summed E-state index contributed by atoms with van der Waals surface area (Å²) < 4.78 is 47.0. The number of alkyl carbamates (subject to hydrolysis) is 1. The molecule has 1 heterocycles. The highest BCUT2D eigenvalue weighted by Crippen LogP contribution is 2.50. The molecule has 14 nitrogen and oxygen atoms in total. The average Bonchev–Trinajstić information content (AvgIpc) is 3.93. The van der Waals surface area contributed by atoms with Crippen LogP contribution in [-0.2, 0) is 53.2 Å². The second kappa shape index (κ2) is 19.0. The van der Waals surface area contributed by atoms with Gasteiger partial charge in [0, 0.05) is 34.8 Å². The van der Waals surface area contributed by atoms with Gasteiger partial charge in [-0.15, -0.1) is 0 Å². The molecule has 60 heavy (non-hydrogen) atoms. The van der Waals surface area contributed by atoms with Crippen LogP contribution in [0.5, 0.6) is 0 Å². The van der Waals surface area contributed by atoms with Gasteiger partial charge < -0.3 is 29.8 Å². The van der Waals surface area contributed by atoms with E-state index in [4.69, 9.17) is 27.8 Å². The SMILES string of the molecule is CC(C)(C)C(=O)OCOP(=O)(OCOC(=O)C(C)(C)C)OC[C@H](/C=C1/CCC[C@H]1C(=O)NCCc1c[nH]c2ccccc12)NC(=O)OC1c2ccccc2-c2ccccc21. The van der Waals surface area contributed by atoms with Crippen LogP contribution in [0.3, 0.4) is 0 Å². The van der Waals surface area contributed by atoms with Crippen molar-refractivity contribution in [1.29, 1.82) is 0 Å². The van der Waals surface area contributed by atoms with Crippen LogP contribution in [0.15, 0.2) is 90.6 Å². The van der Waals surface area contributed by atoms with Crippen molar-refractivity contribution in [3.8, 4) is 11.1 Å². The predicted molar refractivity (Wildman–Crippen MR) is 224 cm³/mol. The van der Waals surface area contributed by atoms with Gasteiger partial charge in [0.2, 0.25) is 19.5 Å². The molecule has 0 bridgehead atoms. The van der Waals surface area contributed by atoms with E-state index in [1.165, 1.54) is 0 Å². The lowest BCUT2D eigenvalue weighted by molar-refractivity contribution is -0.163. The highest BCUT2D eigenvalue weighted by molar-refractivity contribution is 7.48. The monoisotopic (exact) mass is 843 g/mol. The number of phosphoric acid groups is 1. The number of carbonyl (C=O) groups is 4. The third-order valence-electron chi connectivity index (χ3n) is 10.2. The van der Waals surface area contributed by atoms with Gasteiger partial charge in [0.05, 0.1) is 29.4 Å². The normalized spacial score (nSPS) is 16.6. The Labute approximate surface area is 350 Å². The van der Waals surface area contributed by atoms with Gasteiger partial charge in [0.25, 0.3) is 0 Å². The van der Waals surface area contributed by atoms with Gasteiger partial charge >= 0.3 is 25.9 Å². The van der Waals surface area contributed by atoms with Crippen LogP contribution in [0.2, 0.25) is 0 Å². The van der Waals surface area contributed by atoms with Crippen LogP contribution >= 0.6 is 7.82 Å². The molecule has 3 N–H and O–H groups in total. The van der Waals surface area contributed by atoms with Crippen molar-refractivity contribution in [3.05, 3.63) is 107 Å². The van der Waals surface area contributed by atoms with E-state index in [1.807, 2.05) is 79.0 Å². The van der Waals surface area contributed by atoms with Crippen LogP contribution in [0.1, 0.15) is 83.6 Å². The van der Waals surface area contributed by atoms with Gasteiger partial charge in [0.15, 0.2) is 6.10 Å². The summed E-state index contributed by atoms with van der Waals surface area (Å²) in [5.41, 5.74) is 4.63. The molecule has 0 saturated heterocycles. The van der Waals surface area contributed by atoms with Crippen molar-refractivity contribution in [2.45, 2.75) is 79.4 Å². The highest BCUT2D eigenvalue weighted by atomic mass is 31.2. The van der Waals surface area contributed by atoms with Crippen molar-refractivity contribution < 1.29 is 51.5 Å². The Morgan fingerprint density at radius 1 is 0.817 bits per heavy atom. The number of benzene rings is 3. The number of amides is 2. The van der Waals surface area contributed by atoms with E-state index in [9.17, 15) is 23.7 Å². The summed E-state index contributed by atoms with van der Waals surface area (Å²) in [6.45, 7) is 8.15. The summed E-state index contributed by atoms with van der Waals surface area (Å²) in [7, 11) is -4.64. The Morgan fingerprint density at radius 2 is 1.40 bits per heavy atom. The zero-order valence-electron chi connectivity index (χ0n) is 34.9. The van der Waals surface area contributed by atoms with Gasteiger partial charge in [-0.05, 0) is 90.0 Å². The summed E-state index contributed by atoms with van der Waals surface area (Å²) in [5, 5.41) is 7.01. The van der Waals surface area contributed by atoms with E-state index >= 15 is 0 Å². The molecule has 0 unspecified atom stereocenters. The average molecular weight is 844 g/mol. The minimum Gasteiger partial charge on any atom is -0.437 e. The fourth-order valence-corrected chi connectivity index (χ4v) is 8.01. The number of fused-ring (bicyclic) bond motifs is 4. The zero-order chi connectivity index (χ0) is 43.1. The van der Waals surface area contributed by atoms with Crippen LogP contribution < -0.4 is 10.6 Å². The van der Waals surface area contributed by atoms with Crippen LogP contribution in [0.25, 0.3) is 22.0 Å². The molecule has 4 aromatic rings. The molecular weight excluding hydrogens is 789 g/mol. The first-order valence-electron chi connectivity index (χ1n) is 20.1. The maximum absolute atomic E-state index is 14.0. The first kappa shape index (κ1) is 44.3. The molecule has 0 spiro atoms. The van der Waals surface area contributed by atoms with Crippen molar-refractivity contribution in [1.82, 2.24) is 15.6 Å². The number of nitrogens with one attached hydrogen (secondary N) is 3. The number of phosphoric ester groups is 1. The molecule has 2 aliphatic rings. The molecule has 1 fully saturated rings. The third kappa shape index (κ3) is 11.1. The lowest BCUT2D eigenvalue weighted by Crippen LogP contribution is -2.39. The van der Waals surface area contributed by atoms with E-state index in [0.717, 1.165) is 50.7 Å². The molecule has 2 amide bonds. The summed E-state index contributed by atoms with van der Waals surface area (Å²) in [4.78, 5) is 55.7. The van der Waals surface area contributed by atoms with Gasteiger partial charge in [-0.2, -0.15) is 0 Å². The molecule has 1 saturated carbocycles. The Hall–Kier alpha value is -5.27.